The van der Waals surface area contributed by atoms with Crippen molar-refractivity contribution >= 4 is 18.3 Å². The van der Waals surface area contributed by atoms with E-state index in [1.807, 2.05) is 31.2 Å². The number of hydrogen-bond acceptors (Lipinski definition) is 3. The Bertz CT molecular complexity index is 459. The van der Waals surface area contributed by atoms with E-state index in [4.69, 9.17) is 10.5 Å². The average molecular weight is 341 g/mol. The molecule has 0 spiro atoms. The maximum absolute atomic E-state index is 12.0. The molecule has 0 saturated heterocycles. The number of carbonyl (C=O) groups excluding carboxylic acids is 1. The quantitative estimate of drug-likeness (QED) is 0.799. The fourth-order valence-corrected chi connectivity index (χ4v) is 2.72. The molecule has 1 aromatic carbocycles. The van der Waals surface area contributed by atoms with Crippen LogP contribution in [0.4, 0.5) is 0 Å². The summed E-state index contributed by atoms with van der Waals surface area (Å²) in [5, 5.41) is 2.89. The Kier molecular flexibility index (Phi) is 9.03. The van der Waals surface area contributed by atoms with E-state index in [1.54, 1.807) is 0 Å². The molecule has 5 heteroatoms. The standard InChI is InChI=1S/C18H28N2O2.ClH/c1-14(11-19)12-20-18(21)16-7-9-17(10-8-16)22-13-15-5-3-2-4-6-15;/h7-10,14-15H,2-6,11-13,19H2,1H3,(H,20,21);1H. The van der Waals surface area contributed by atoms with Crippen LogP contribution >= 0.6 is 12.4 Å². The Balaban J connectivity index is 0.00000264. The second-order valence-electron chi connectivity index (χ2n) is 6.39. The summed E-state index contributed by atoms with van der Waals surface area (Å²) in [7, 11) is 0. The minimum atomic E-state index is -0.0564. The summed E-state index contributed by atoms with van der Waals surface area (Å²) in [5.74, 6) is 1.77. The third-order valence-electron chi connectivity index (χ3n) is 4.34. The van der Waals surface area contributed by atoms with Crippen molar-refractivity contribution in [3.05, 3.63) is 29.8 Å². The number of nitrogens with one attached hydrogen (secondary N) is 1. The van der Waals surface area contributed by atoms with Gasteiger partial charge in [-0.2, -0.15) is 0 Å². The molecule has 0 radical (unpaired) electrons. The van der Waals surface area contributed by atoms with Crippen molar-refractivity contribution < 1.29 is 9.53 Å². The van der Waals surface area contributed by atoms with Crippen molar-refractivity contribution in [3.8, 4) is 5.75 Å². The van der Waals surface area contributed by atoms with E-state index in [2.05, 4.69) is 5.32 Å². The molecular formula is C18H29ClN2O2. The lowest BCUT2D eigenvalue weighted by atomic mass is 9.90. The highest BCUT2D eigenvalue weighted by atomic mass is 35.5. The number of rotatable bonds is 7. The third kappa shape index (κ3) is 6.80. The Morgan fingerprint density at radius 3 is 2.52 bits per heavy atom. The Hall–Kier alpha value is -1.26. The van der Waals surface area contributed by atoms with Crippen molar-refractivity contribution in [3.63, 3.8) is 0 Å². The van der Waals surface area contributed by atoms with Crippen molar-refractivity contribution in [1.29, 1.82) is 0 Å². The monoisotopic (exact) mass is 340 g/mol. The van der Waals surface area contributed by atoms with Crippen LogP contribution in [-0.2, 0) is 0 Å². The predicted molar refractivity (Wildman–Crippen MR) is 96.3 cm³/mol. The molecule has 1 aliphatic rings. The van der Waals surface area contributed by atoms with E-state index >= 15 is 0 Å². The van der Waals surface area contributed by atoms with Gasteiger partial charge in [0.1, 0.15) is 5.75 Å². The summed E-state index contributed by atoms with van der Waals surface area (Å²) >= 11 is 0. The Morgan fingerprint density at radius 2 is 1.91 bits per heavy atom. The summed E-state index contributed by atoms with van der Waals surface area (Å²) in [6.45, 7) is 3.99. The second kappa shape index (κ2) is 10.5. The molecule has 23 heavy (non-hydrogen) atoms. The molecule has 1 aliphatic carbocycles. The van der Waals surface area contributed by atoms with Gasteiger partial charge in [-0.1, -0.05) is 26.2 Å². The van der Waals surface area contributed by atoms with E-state index in [-0.39, 0.29) is 18.3 Å². The zero-order chi connectivity index (χ0) is 15.8. The second-order valence-corrected chi connectivity index (χ2v) is 6.39. The minimum Gasteiger partial charge on any atom is -0.493 e. The Labute approximate surface area is 145 Å². The molecule has 0 aliphatic heterocycles. The van der Waals surface area contributed by atoms with Crippen LogP contribution in [0.5, 0.6) is 5.75 Å². The van der Waals surface area contributed by atoms with Crippen LogP contribution in [0, 0.1) is 11.8 Å². The van der Waals surface area contributed by atoms with Crippen LogP contribution in [0.2, 0.25) is 0 Å². The van der Waals surface area contributed by atoms with Crippen molar-refractivity contribution in [2.75, 3.05) is 19.7 Å². The molecule has 0 bridgehead atoms. The fraction of sp³-hybridized carbons (Fsp3) is 0.611. The van der Waals surface area contributed by atoms with Crippen molar-refractivity contribution in [2.45, 2.75) is 39.0 Å². The first-order valence-electron chi connectivity index (χ1n) is 8.40. The van der Waals surface area contributed by atoms with Gasteiger partial charge >= 0.3 is 0 Å². The predicted octanol–water partition coefficient (Wildman–Crippen LogP) is 3.39. The van der Waals surface area contributed by atoms with Gasteiger partial charge < -0.3 is 15.8 Å². The molecule has 2 rings (SSSR count). The van der Waals surface area contributed by atoms with Gasteiger partial charge in [-0.25, -0.2) is 0 Å². The lowest BCUT2D eigenvalue weighted by molar-refractivity contribution is 0.0948. The average Bonchev–Trinajstić information content (AvgIpc) is 2.59. The number of ether oxygens (including phenoxy) is 1. The molecule has 1 fully saturated rings. The third-order valence-corrected chi connectivity index (χ3v) is 4.34. The lowest BCUT2D eigenvalue weighted by Crippen LogP contribution is -2.31. The zero-order valence-corrected chi connectivity index (χ0v) is 14.7. The molecule has 1 saturated carbocycles. The maximum Gasteiger partial charge on any atom is 0.251 e. The van der Waals surface area contributed by atoms with Gasteiger partial charge in [0.25, 0.3) is 5.91 Å². The molecule has 130 valence electrons. The SMILES string of the molecule is CC(CN)CNC(=O)c1ccc(OCC2CCCCC2)cc1.Cl. The lowest BCUT2D eigenvalue weighted by Gasteiger charge is -2.21. The van der Waals surface area contributed by atoms with Gasteiger partial charge in [-0.15, -0.1) is 12.4 Å². The van der Waals surface area contributed by atoms with Gasteiger partial charge in [-0.05, 0) is 55.5 Å². The molecule has 3 N–H and O–H groups in total. The zero-order valence-electron chi connectivity index (χ0n) is 13.9. The molecule has 0 aromatic heterocycles. The highest BCUT2D eigenvalue weighted by Crippen LogP contribution is 2.24. The Morgan fingerprint density at radius 1 is 1.26 bits per heavy atom. The van der Waals surface area contributed by atoms with E-state index < -0.39 is 0 Å². The van der Waals surface area contributed by atoms with Gasteiger partial charge in [0.05, 0.1) is 6.61 Å². The summed E-state index contributed by atoms with van der Waals surface area (Å²) in [6, 6.07) is 7.39. The van der Waals surface area contributed by atoms with Crippen LogP contribution in [0.1, 0.15) is 49.4 Å². The molecule has 1 atom stereocenters. The number of halogens is 1. The fourth-order valence-electron chi connectivity index (χ4n) is 2.72. The minimum absolute atomic E-state index is 0. The molecule has 1 aromatic rings. The smallest absolute Gasteiger partial charge is 0.251 e. The molecule has 1 unspecified atom stereocenters. The van der Waals surface area contributed by atoms with Crippen LogP contribution in [-0.4, -0.2) is 25.6 Å². The van der Waals surface area contributed by atoms with Crippen LogP contribution < -0.4 is 15.8 Å². The molecule has 1 amide bonds. The highest BCUT2D eigenvalue weighted by Gasteiger charge is 2.14. The topological polar surface area (TPSA) is 64.3 Å². The molecular weight excluding hydrogens is 312 g/mol. The number of nitrogens with two attached hydrogens (primary N) is 1. The van der Waals surface area contributed by atoms with Gasteiger partial charge in [0.2, 0.25) is 0 Å². The van der Waals surface area contributed by atoms with E-state index in [0.29, 0.717) is 30.5 Å². The van der Waals surface area contributed by atoms with E-state index in [9.17, 15) is 4.79 Å². The number of amides is 1. The number of carbonyl (C=O) groups is 1. The molecule has 0 heterocycles. The molecule has 4 nitrogen and oxygen atoms in total. The summed E-state index contributed by atoms with van der Waals surface area (Å²) in [5.41, 5.74) is 6.21. The summed E-state index contributed by atoms with van der Waals surface area (Å²) < 4.78 is 5.85. The normalized spacial score (nSPS) is 16.3. The number of hydrogen-bond donors (Lipinski definition) is 2. The van der Waals surface area contributed by atoms with Gasteiger partial charge in [0.15, 0.2) is 0 Å². The van der Waals surface area contributed by atoms with Gasteiger partial charge in [0, 0.05) is 12.1 Å². The van der Waals surface area contributed by atoms with Gasteiger partial charge in [-0.3, -0.25) is 4.79 Å². The first-order valence-corrected chi connectivity index (χ1v) is 8.40. The van der Waals surface area contributed by atoms with Crippen molar-refractivity contribution in [2.24, 2.45) is 17.6 Å². The van der Waals surface area contributed by atoms with Crippen molar-refractivity contribution in [1.82, 2.24) is 5.32 Å². The van der Waals surface area contributed by atoms with Crippen LogP contribution in [0.15, 0.2) is 24.3 Å². The first kappa shape index (κ1) is 19.8. The first-order chi connectivity index (χ1) is 10.7. The highest BCUT2D eigenvalue weighted by molar-refractivity contribution is 5.94. The van der Waals surface area contributed by atoms with E-state index in [0.717, 1.165) is 12.4 Å². The largest absolute Gasteiger partial charge is 0.493 e. The summed E-state index contributed by atoms with van der Waals surface area (Å²) in [4.78, 5) is 12.0. The van der Waals surface area contributed by atoms with Crippen LogP contribution in [0.25, 0.3) is 0 Å². The van der Waals surface area contributed by atoms with Crippen LogP contribution in [0.3, 0.4) is 0 Å². The van der Waals surface area contributed by atoms with E-state index in [1.165, 1.54) is 32.1 Å². The summed E-state index contributed by atoms with van der Waals surface area (Å²) in [6.07, 6.45) is 6.57. The number of benzene rings is 1. The maximum atomic E-state index is 12.0.